The average molecular weight is 294 g/mol. The molecule has 0 heterocycles. The molecular formula is C13H6BrF2N. The maximum atomic E-state index is 13.1. The van der Waals surface area contributed by atoms with Gasteiger partial charge in [-0.3, -0.25) is 0 Å². The Hall–Kier alpha value is -1.73. The fraction of sp³-hybridized carbons (Fsp3) is 0. The molecule has 1 nitrogen and oxygen atoms in total. The van der Waals surface area contributed by atoms with Crippen LogP contribution in [0.25, 0.3) is 11.1 Å². The van der Waals surface area contributed by atoms with Gasteiger partial charge in [0.25, 0.3) is 0 Å². The summed E-state index contributed by atoms with van der Waals surface area (Å²) >= 11 is 3.27. The monoisotopic (exact) mass is 293 g/mol. The summed E-state index contributed by atoms with van der Waals surface area (Å²) in [7, 11) is 0. The number of halogens is 3. The van der Waals surface area contributed by atoms with Gasteiger partial charge in [-0.1, -0.05) is 22.0 Å². The largest absolute Gasteiger partial charge is 0.204 e. The van der Waals surface area contributed by atoms with Crippen molar-refractivity contribution in [3.63, 3.8) is 0 Å². The first kappa shape index (κ1) is 11.7. The molecule has 0 aromatic heterocycles. The molecule has 17 heavy (non-hydrogen) atoms. The predicted molar refractivity (Wildman–Crippen MR) is 64.2 cm³/mol. The molecule has 0 unspecified atom stereocenters. The number of benzene rings is 2. The maximum Gasteiger partial charge on any atom is 0.159 e. The van der Waals surface area contributed by atoms with Crippen LogP contribution >= 0.6 is 15.9 Å². The van der Waals surface area contributed by atoms with Crippen molar-refractivity contribution in [2.24, 2.45) is 0 Å². The van der Waals surface area contributed by atoms with E-state index in [0.717, 1.165) is 16.6 Å². The van der Waals surface area contributed by atoms with Crippen molar-refractivity contribution in [2.45, 2.75) is 0 Å². The first-order valence-electron chi connectivity index (χ1n) is 4.76. The Morgan fingerprint density at radius 1 is 0.941 bits per heavy atom. The highest BCUT2D eigenvalue weighted by molar-refractivity contribution is 9.10. The normalized spacial score (nSPS) is 10.0. The fourth-order valence-corrected chi connectivity index (χ4v) is 1.99. The van der Waals surface area contributed by atoms with E-state index in [9.17, 15) is 8.78 Å². The van der Waals surface area contributed by atoms with Gasteiger partial charge in [-0.15, -0.1) is 0 Å². The van der Waals surface area contributed by atoms with Gasteiger partial charge in [0.2, 0.25) is 0 Å². The van der Waals surface area contributed by atoms with Crippen LogP contribution < -0.4 is 0 Å². The summed E-state index contributed by atoms with van der Waals surface area (Å²) in [5.41, 5.74) is 1.65. The Kier molecular flexibility index (Phi) is 3.21. The van der Waals surface area contributed by atoms with Crippen LogP contribution in [0.1, 0.15) is 5.56 Å². The van der Waals surface area contributed by atoms with Gasteiger partial charge in [-0.2, -0.15) is 5.26 Å². The lowest BCUT2D eigenvalue weighted by Gasteiger charge is -2.04. The van der Waals surface area contributed by atoms with Gasteiger partial charge in [0.05, 0.1) is 11.6 Å². The highest BCUT2D eigenvalue weighted by Gasteiger charge is 2.06. The van der Waals surface area contributed by atoms with E-state index in [2.05, 4.69) is 15.9 Å². The smallest absolute Gasteiger partial charge is 0.159 e. The molecule has 2 aromatic rings. The van der Waals surface area contributed by atoms with Crippen molar-refractivity contribution in [2.75, 3.05) is 0 Å². The summed E-state index contributed by atoms with van der Waals surface area (Å²) in [6.45, 7) is 0. The summed E-state index contributed by atoms with van der Waals surface area (Å²) < 4.78 is 26.6. The molecular weight excluding hydrogens is 288 g/mol. The van der Waals surface area contributed by atoms with Crippen molar-refractivity contribution in [3.05, 3.63) is 58.1 Å². The molecule has 0 saturated carbocycles. The van der Waals surface area contributed by atoms with Crippen molar-refractivity contribution < 1.29 is 8.78 Å². The van der Waals surface area contributed by atoms with Crippen LogP contribution in [-0.4, -0.2) is 0 Å². The zero-order valence-corrected chi connectivity index (χ0v) is 10.1. The zero-order valence-electron chi connectivity index (χ0n) is 8.55. The van der Waals surface area contributed by atoms with Crippen LogP contribution in [0, 0.1) is 23.0 Å². The fourth-order valence-electron chi connectivity index (χ4n) is 1.50. The third-order valence-electron chi connectivity index (χ3n) is 2.28. The van der Waals surface area contributed by atoms with E-state index in [1.54, 1.807) is 18.2 Å². The quantitative estimate of drug-likeness (QED) is 0.770. The minimum absolute atomic E-state index is 0.458. The first-order chi connectivity index (χ1) is 8.10. The second-order valence-electron chi connectivity index (χ2n) is 3.47. The van der Waals surface area contributed by atoms with Crippen molar-refractivity contribution in [1.82, 2.24) is 0 Å². The molecule has 0 spiro atoms. The zero-order chi connectivity index (χ0) is 12.4. The number of hydrogen-bond acceptors (Lipinski definition) is 1. The molecule has 0 atom stereocenters. The molecule has 2 rings (SSSR count). The van der Waals surface area contributed by atoms with Crippen molar-refractivity contribution >= 4 is 15.9 Å². The third-order valence-corrected chi connectivity index (χ3v) is 2.74. The first-order valence-corrected chi connectivity index (χ1v) is 5.55. The van der Waals surface area contributed by atoms with E-state index in [1.165, 1.54) is 6.07 Å². The number of nitriles is 1. The molecule has 0 radical (unpaired) electrons. The van der Waals surface area contributed by atoms with Crippen LogP contribution in [0.15, 0.2) is 40.9 Å². The van der Waals surface area contributed by atoms with Crippen LogP contribution in [0.4, 0.5) is 8.78 Å². The van der Waals surface area contributed by atoms with Gasteiger partial charge >= 0.3 is 0 Å². The molecule has 84 valence electrons. The molecule has 0 saturated heterocycles. The van der Waals surface area contributed by atoms with Gasteiger partial charge in [-0.25, -0.2) is 8.78 Å². The van der Waals surface area contributed by atoms with E-state index in [4.69, 9.17) is 5.26 Å². The summed E-state index contributed by atoms with van der Waals surface area (Å²) in [5, 5.41) is 8.83. The van der Waals surface area contributed by atoms with E-state index in [-0.39, 0.29) is 0 Å². The molecule has 0 N–H and O–H groups in total. The summed E-state index contributed by atoms with van der Waals surface area (Å²) in [6.07, 6.45) is 0. The third kappa shape index (κ3) is 2.51. The minimum Gasteiger partial charge on any atom is -0.204 e. The Labute approximate surface area is 105 Å². The Balaban J connectivity index is 2.56. The Morgan fingerprint density at radius 2 is 1.71 bits per heavy atom. The van der Waals surface area contributed by atoms with Gasteiger partial charge < -0.3 is 0 Å². The summed E-state index contributed by atoms with van der Waals surface area (Å²) in [5.74, 6) is -1.79. The summed E-state index contributed by atoms with van der Waals surface area (Å²) in [4.78, 5) is 0. The second-order valence-corrected chi connectivity index (χ2v) is 4.38. The van der Waals surface area contributed by atoms with E-state index in [0.29, 0.717) is 16.7 Å². The Morgan fingerprint density at radius 3 is 2.35 bits per heavy atom. The minimum atomic E-state index is -0.902. The van der Waals surface area contributed by atoms with Gasteiger partial charge in [0.1, 0.15) is 0 Å². The second kappa shape index (κ2) is 4.64. The lowest BCUT2D eigenvalue weighted by molar-refractivity contribution is 0.509. The van der Waals surface area contributed by atoms with Crippen LogP contribution in [0.3, 0.4) is 0 Å². The highest BCUT2D eigenvalue weighted by atomic mass is 79.9. The van der Waals surface area contributed by atoms with E-state index < -0.39 is 11.6 Å². The van der Waals surface area contributed by atoms with E-state index in [1.807, 2.05) is 6.07 Å². The van der Waals surface area contributed by atoms with Crippen LogP contribution in [-0.2, 0) is 0 Å². The topological polar surface area (TPSA) is 23.8 Å². The molecule has 0 aliphatic carbocycles. The lowest BCUT2D eigenvalue weighted by Crippen LogP contribution is -1.86. The number of rotatable bonds is 1. The lowest BCUT2D eigenvalue weighted by atomic mass is 10.0. The number of hydrogen-bond donors (Lipinski definition) is 0. The summed E-state index contributed by atoms with van der Waals surface area (Å²) in [6, 6.07) is 10.7. The molecule has 0 aliphatic heterocycles. The maximum absolute atomic E-state index is 13.1. The van der Waals surface area contributed by atoms with Crippen LogP contribution in [0.5, 0.6) is 0 Å². The molecule has 0 bridgehead atoms. The Bertz CT molecular complexity index is 617. The molecule has 0 amide bonds. The predicted octanol–water partition coefficient (Wildman–Crippen LogP) is 4.27. The number of nitrogens with zero attached hydrogens (tertiary/aromatic N) is 1. The van der Waals surface area contributed by atoms with Crippen molar-refractivity contribution in [3.8, 4) is 17.2 Å². The van der Waals surface area contributed by atoms with Gasteiger partial charge in [-0.05, 0) is 41.5 Å². The van der Waals surface area contributed by atoms with E-state index >= 15 is 0 Å². The standard InChI is InChI=1S/C13H6BrF2N/c14-11-4-8(7-17)3-10(5-11)9-1-2-12(15)13(16)6-9/h1-6H. The van der Waals surface area contributed by atoms with Crippen molar-refractivity contribution in [1.29, 1.82) is 5.26 Å². The SMILES string of the molecule is N#Cc1cc(Br)cc(-c2ccc(F)c(F)c2)c1. The van der Waals surface area contributed by atoms with Gasteiger partial charge in [0.15, 0.2) is 11.6 Å². The van der Waals surface area contributed by atoms with Gasteiger partial charge in [0, 0.05) is 4.47 Å². The molecule has 4 heteroatoms. The average Bonchev–Trinajstić information content (AvgIpc) is 2.32. The highest BCUT2D eigenvalue weighted by Crippen LogP contribution is 2.26. The van der Waals surface area contributed by atoms with Crippen LogP contribution in [0.2, 0.25) is 0 Å². The molecule has 2 aromatic carbocycles. The molecule has 0 aliphatic rings. The molecule has 0 fully saturated rings.